The molecule has 2 rings (SSSR count). The molecule has 0 saturated carbocycles. The van der Waals surface area contributed by atoms with E-state index in [2.05, 4.69) is 34.4 Å². The standard InChI is InChI=1S/C14H24N4/c1-14(2,18-11-9-15-10-12-18)6-8-17-13-5-3-4-7-16-13/h3-5,7,15H,6,8-12H2,1-2H3,(H,16,17). The van der Waals surface area contributed by atoms with Gasteiger partial charge in [0.15, 0.2) is 0 Å². The van der Waals surface area contributed by atoms with E-state index in [9.17, 15) is 0 Å². The summed E-state index contributed by atoms with van der Waals surface area (Å²) in [4.78, 5) is 6.85. The second-order valence-electron chi connectivity index (χ2n) is 5.44. The first-order chi connectivity index (χ1) is 8.68. The lowest BCUT2D eigenvalue weighted by molar-refractivity contribution is 0.0987. The van der Waals surface area contributed by atoms with E-state index in [1.165, 1.54) is 0 Å². The first kappa shape index (κ1) is 13.3. The zero-order chi connectivity index (χ0) is 12.8. The summed E-state index contributed by atoms with van der Waals surface area (Å²) in [5, 5.41) is 6.79. The van der Waals surface area contributed by atoms with Crippen LogP contribution in [0.25, 0.3) is 0 Å². The molecule has 0 atom stereocenters. The van der Waals surface area contributed by atoms with Gasteiger partial charge in [-0.3, -0.25) is 4.90 Å². The first-order valence-electron chi connectivity index (χ1n) is 6.79. The van der Waals surface area contributed by atoms with E-state index in [1.54, 1.807) is 0 Å². The summed E-state index contributed by atoms with van der Waals surface area (Å²) in [5.74, 6) is 0.966. The van der Waals surface area contributed by atoms with Gasteiger partial charge in [-0.25, -0.2) is 4.98 Å². The predicted octanol–water partition coefficient (Wildman–Crippen LogP) is 1.57. The maximum atomic E-state index is 4.28. The monoisotopic (exact) mass is 248 g/mol. The van der Waals surface area contributed by atoms with Gasteiger partial charge in [0.05, 0.1) is 0 Å². The van der Waals surface area contributed by atoms with Crippen molar-refractivity contribution in [3.05, 3.63) is 24.4 Å². The Morgan fingerprint density at radius 1 is 1.33 bits per heavy atom. The minimum Gasteiger partial charge on any atom is -0.370 e. The minimum absolute atomic E-state index is 0.254. The Morgan fingerprint density at radius 3 is 2.78 bits per heavy atom. The van der Waals surface area contributed by atoms with Gasteiger partial charge < -0.3 is 10.6 Å². The van der Waals surface area contributed by atoms with Crippen molar-refractivity contribution in [2.24, 2.45) is 0 Å². The van der Waals surface area contributed by atoms with Crippen molar-refractivity contribution in [2.45, 2.75) is 25.8 Å². The fourth-order valence-electron chi connectivity index (χ4n) is 2.39. The minimum atomic E-state index is 0.254. The molecule has 100 valence electrons. The predicted molar refractivity (Wildman–Crippen MR) is 75.9 cm³/mol. The number of nitrogens with one attached hydrogen (secondary N) is 2. The van der Waals surface area contributed by atoms with E-state index in [0.717, 1.165) is 45.0 Å². The normalized spacial score (nSPS) is 17.7. The van der Waals surface area contributed by atoms with E-state index >= 15 is 0 Å². The molecule has 1 fully saturated rings. The molecule has 0 aliphatic carbocycles. The summed E-state index contributed by atoms with van der Waals surface area (Å²) < 4.78 is 0. The average Bonchev–Trinajstić information content (AvgIpc) is 2.41. The molecule has 0 unspecified atom stereocenters. The fourth-order valence-corrected chi connectivity index (χ4v) is 2.39. The number of hydrogen-bond donors (Lipinski definition) is 2. The lowest BCUT2D eigenvalue weighted by Gasteiger charge is -2.41. The van der Waals surface area contributed by atoms with E-state index in [4.69, 9.17) is 0 Å². The molecular weight excluding hydrogens is 224 g/mol. The molecular formula is C14H24N4. The molecule has 1 saturated heterocycles. The summed E-state index contributed by atoms with van der Waals surface area (Å²) in [7, 11) is 0. The summed E-state index contributed by atoms with van der Waals surface area (Å²) in [5.41, 5.74) is 0.254. The molecule has 1 aliphatic heterocycles. The van der Waals surface area contributed by atoms with Crippen molar-refractivity contribution >= 4 is 5.82 Å². The number of nitrogens with zero attached hydrogens (tertiary/aromatic N) is 2. The highest BCUT2D eigenvalue weighted by molar-refractivity contribution is 5.32. The van der Waals surface area contributed by atoms with Crippen LogP contribution in [0.2, 0.25) is 0 Å². The van der Waals surface area contributed by atoms with E-state index in [-0.39, 0.29) is 5.54 Å². The van der Waals surface area contributed by atoms with Crippen LogP contribution in [0.5, 0.6) is 0 Å². The molecule has 18 heavy (non-hydrogen) atoms. The van der Waals surface area contributed by atoms with Crippen molar-refractivity contribution in [2.75, 3.05) is 38.0 Å². The van der Waals surface area contributed by atoms with Gasteiger partial charge in [0, 0.05) is 44.5 Å². The quantitative estimate of drug-likeness (QED) is 0.830. The van der Waals surface area contributed by atoms with Crippen LogP contribution in [0.3, 0.4) is 0 Å². The van der Waals surface area contributed by atoms with Crippen LogP contribution >= 0.6 is 0 Å². The van der Waals surface area contributed by atoms with Crippen LogP contribution in [-0.2, 0) is 0 Å². The Balaban J connectivity index is 1.77. The van der Waals surface area contributed by atoms with Crippen molar-refractivity contribution in [1.29, 1.82) is 0 Å². The van der Waals surface area contributed by atoms with E-state index in [0.29, 0.717) is 0 Å². The van der Waals surface area contributed by atoms with Crippen molar-refractivity contribution in [1.82, 2.24) is 15.2 Å². The molecule has 0 bridgehead atoms. The third-order valence-electron chi connectivity index (χ3n) is 3.68. The molecule has 1 aromatic heterocycles. The highest BCUT2D eigenvalue weighted by atomic mass is 15.2. The third-order valence-corrected chi connectivity index (χ3v) is 3.68. The maximum Gasteiger partial charge on any atom is 0.125 e. The van der Waals surface area contributed by atoms with Gasteiger partial charge in [-0.05, 0) is 32.4 Å². The molecule has 0 amide bonds. The van der Waals surface area contributed by atoms with Crippen molar-refractivity contribution in [3.63, 3.8) is 0 Å². The van der Waals surface area contributed by atoms with Crippen LogP contribution in [0.4, 0.5) is 5.82 Å². The van der Waals surface area contributed by atoms with Gasteiger partial charge >= 0.3 is 0 Å². The van der Waals surface area contributed by atoms with E-state index in [1.807, 2.05) is 24.4 Å². The van der Waals surface area contributed by atoms with Crippen molar-refractivity contribution < 1.29 is 0 Å². The fraction of sp³-hybridized carbons (Fsp3) is 0.643. The third kappa shape index (κ3) is 3.68. The molecule has 2 heterocycles. The molecule has 4 heteroatoms. The summed E-state index contributed by atoms with van der Waals surface area (Å²) in [6.07, 6.45) is 2.95. The molecule has 1 aromatic rings. The van der Waals surface area contributed by atoms with Crippen molar-refractivity contribution in [3.8, 4) is 0 Å². The topological polar surface area (TPSA) is 40.2 Å². The number of aromatic nitrogens is 1. The Morgan fingerprint density at radius 2 is 2.11 bits per heavy atom. The van der Waals surface area contributed by atoms with Crippen LogP contribution in [0.15, 0.2) is 24.4 Å². The molecule has 1 aliphatic rings. The number of piperazine rings is 1. The van der Waals surface area contributed by atoms with Crippen LogP contribution in [0.1, 0.15) is 20.3 Å². The van der Waals surface area contributed by atoms with Gasteiger partial charge in [-0.15, -0.1) is 0 Å². The van der Waals surface area contributed by atoms with E-state index < -0.39 is 0 Å². The van der Waals surface area contributed by atoms with Gasteiger partial charge in [-0.2, -0.15) is 0 Å². The Labute approximate surface area is 110 Å². The largest absolute Gasteiger partial charge is 0.370 e. The molecule has 0 radical (unpaired) electrons. The lowest BCUT2D eigenvalue weighted by Crippen LogP contribution is -2.53. The highest BCUT2D eigenvalue weighted by Gasteiger charge is 2.27. The molecule has 0 aromatic carbocycles. The van der Waals surface area contributed by atoms with Crippen LogP contribution in [0, 0.1) is 0 Å². The average molecular weight is 248 g/mol. The lowest BCUT2D eigenvalue weighted by atomic mass is 9.97. The second-order valence-corrected chi connectivity index (χ2v) is 5.44. The zero-order valence-corrected chi connectivity index (χ0v) is 11.4. The van der Waals surface area contributed by atoms with Crippen LogP contribution in [-0.4, -0.2) is 48.1 Å². The molecule has 4 nitrogen and oxygen atoms in total. The first-order valence-corrected chi connectivity index (χ1v) is 6.79. The highest BCUT2D eigenvalue weighted by Crippen LogP contribution is 2.19. The smallest absolute Gasteiger partial charge is 0.125 e. The molecule has 2 N–H and O–H groups in total. The Hall–Kier alpha value is -1.13. The molecule has 0 spiro atoms. The zero-order valence-electron chi connectivity index (χ0n) is 11.4. The Kier molecular flexibility index (Phi) is 4.55. The van der Waals surface area contributed by atoms with Gasteiger partial charge in [0.2, 0.25) is 0 Å². The summed E-state index contributed by atoms with van der Waals surface area (Å²) in [6.45, 7) is 10.1. The number of pyridine rings is 1. The number of rotatable bonds is 5. The number of hydrogen-bond acceptors (Lipinski definition) is 4. The summed E-state index contributed by atoms with van der Waals surface area (Å²) in [6, 6.07) is 5.96. The van der Waals surface area contributed by atoms with Gasteiger partial charge in [0.25, 0.3) is 0 Å². The maximum absolute atomic E-state index is 4.28. The van der Waals surface area contributed by atoms with Crippen LogP contribution < -0.4 is 10.6 Å². The second kappa shape index (κ2) is 6.16. The summed E-state index contributed by atoms with van der Waals surface area (Å²) >= 11 is 0. The van der Waals surface area contributed by atoms with Gasteiger partial charge in [-0.1, -0.05) is 6.07 Å². The SMILES string of the molecule is CC(C)(CCNc1ccccn1)N1CCNCC1. The number of anilines is 1. The Bertz CT molecular complexity index is 344. The van der Waals surface area contributed by atoms with Gasteiger partial charge in [0.1, 0.15) is 5.82 Å².